The van der Waals surface area contributed by atoms with Crippen molar-refractivity contribution < 1.29 is 14.6 Å². The van der Waals surface area contributed by atoms with Gasteiger partial charge >= 0.3 is 0 Å². The molecule has 1 aromatic rings. The Bertz CT molecular complexity index is 595. The van der Waals surface area contributed by atoms with Crippen molar-refractivity contribution in [2.24, 2.45) is 11.8 Å². The number of aliphatic hydroxyl groups is 1. The minimum atomic E-state index is 0.0471. The van der Waals surface area contributed by atoms with Crippen molar-refractivity contribution in [1.82, 2.24) is 5.32 Å². The molecule has 3 heterocycles. The Labute approximate surface area is 149 Å². The number of carbonyl (C=O) groups is 1. The lowest BCUT2D eigenvalue weighted by Gasteiger charge is -2.33. The fourth-order valence-corrected chi connectivity index (χ4v) is 4.43. The van der Waals surface area contributed by atoms with E-state index in [1.165, 1.54) is 5.69 Å². The molecule has 136 valence electrons. The molecule has 4 rings (SSSR count). The molecule has 3 aliphatic heterocycles. The Balaban J connectivity index is 1.27. The quantitative estimate of drug-likeness (QED) is 0.858. The normalized spacial score (nSPS) is 29.2. The first-order chi connectivity index (χ1) is 12.2. The lowest BCUT2D eigenvalue weighted by atomic mass is 9.88. The van der Waals surface area contributed by atoms with Gasteiger partial charge in [-0.3, -0.25) is 4.79 Å². The van der Waals surface area contributed by atoms with Gasteiger partial charge in [-0.2, -0.15) is 0 Å². The van der Waals surface area contributed by atoms with Crippen molar-refractivity contribution in [1.29, 1.82) is 0 Å². The Morgan fingerprint density at radius 2 is 1.92 bits per heavy atom. The SMILES string of the molecule is O=C(NCc1ccc(N2CCC(CO)CC2)cc1)C1CC2CCC1O2. The first kappa shape index (κ1) is 16.9. The second-order valence-corrected chi connectivity index (χ2v) is 7.71. The molecule has 5 heteroatoms. The molecule has 3 aliphatic rings. The lowest BCUT2D eigenvalue weighted by molar-refractivity contribution is -0.126. The molecule has 1 aromatic carbocycles. The van der Waals surface area contributed by atoms with Crippen molar-refractivity contribution in [3.63, 3.8) is 0 Å². The molecule has 0 saturated carbocycles. The van der Waals surface area contributed by atoms with Crippen LogP contribution < -0.4 is 10.2 Å². The van der Waals surface area contributed by atoms with Gasteiger partial charge in [-0.1, -0.05) is 12.1 Å². The Morgan fingerprint density at radius 1 is 1.16 bits per heavy atom. The molecule has 0 aromatic heterocycles. The van der Waals surface area contributed by atoms with Crippen LogP contribution in [0.5, 0.6) is 0 Å². The Morgan fingerprint density at radius 3 is 2.52 bits per heavy atom. The number of hydrogen-bond donors (Lipinski definition) is 2. The van der Waals surface area contributed by atoms with Crippen LogP contribution in [-0.2, 0) is 16.1 Å². The Hall–Kier alpha value is -1.59. The van der Waals surface area contributed by atoms with E-state index in [1.54, 1.807) is 0 Å². The monoisotopic (exact) mass is 344 g/mol. The second kappa shape index (κ2) is 7.34. The van der Waals surface area contributed by atoms with E-state index >= 15 is 0 Å². The number of fused-ring (bicyclic) bond motifs is 2. The van der Waals surface area contributed by atoms with Crippen LogP contribution in [-0.4, -0.2) is 42.9 Å². The minimum Gasteiger partial charge on any atom is -0.396 e. The summed E-state index contributed by atoms with van der Waals surface area (Å²) >= 11 is 0. The van der Waals surface area contributed by atoms with Gasteiger partial charge in [0.15, 0.2) is 0 Å². The maximum absolute atomic E-state index is 12.4. The summed E-state index contributed by atoms with van der Waals surface area (Å²) in [6.45, 7) is 2.90. The third kappa shape index (κ3) is 3.67. The molecule has 0 spiro atoms. The van der Waals surface area contributed by atoms with E-state index < -0.39 is 0 Å². The zero-order valence-corrected chi connectivity index (χ0v) is 14.7. The molecule has 3 atom stereocenters. The fourth-order valence-electron chi connectivity index (χ4n) is 4.43. The lowest BCUT2D eigenvalue weighted by Crippen LogP contribution is -2.35. The molecule has 3 saturated heterocycles. The molecule has 2 N–H and O–H groups in total. The summed E-state index contributed by atoms with van der Waals surface area (Å²) in [6.07, 6.45) is 5.61. The van der Waals surface area contributed by atoms with Crippen molar-refractivity contribution >= 4 is 11.6 Å². The molecule has 1 amide bonds. The number of amides is 1. The van der Waals surface area contributed by atoms with Crippen LogP contribution in [0, 0.1) is 11.8 Å². The fraction of sp³-hybridized carbons (Fsp3) is 0.650. The zero-order valence-electron chi connectivity index (χ0n) is 14.7. The van der Waals surface area contributed by atoms with E-state index in [1.807, 2.05) is 0 Å². The highest BCUT2D eigenvalue weighted by Gasteiger charge is 2.44. The maximum Gasteiger partial charge on any atom is 0.226 e. The highest BCUT2D eigenvalue weighted by Crippen LogP contribution is 2.38. The van der Waals surface area contributed by atoms with Gasteiger partial charge in [0, 0.05) is 31.9 Å². The number of piperidine rings is 1. The van der Waals surface area contributed by atoms with Gasteiger partial charge < -0.3 is 20.1 Å². The number of benzene rings is 1. The molecule has 0 aliphatic carbocycles. The molecule has 0 radical (unpaired) electrons. The molecular formula is C20H28N2O3. The van der Waals surface area contributed by atoms with Crippen LogP contribution in [0.1, 0.15) is 37.7 Å². The third-order valence-corrected chi connectivity index (χ3v) is 6.08. The average Bonchev–Trinajstić information content (AvgIpc) is 3.30. The Kier molecular flexibility index (Phi) is 4.95. The van der Waals surface area contributed by atoms with Crippen molar-refractivity contribution in [2.75, 3.05) is 24.6 Å². The van der Waals surface area contributed by atoms with Gasteiger partial charge in [0.1, 0.15) is 0 Å². The van der Waals surface area contributed by atoms with E-state index in [0.717, 1.165) is 50.8 Å². The predicted molar refractivity (Wildman–Crippen MR) is 96.3 cm³/mol. The van der Waals surface area contributed by atoms with Crippen LogP contribution in [0.15, 0.2) is 24.3 Å². The van der Waals surface area contributed by atoms with E-state index in [-0.39, 0.29) is 17.9 Å². The maximum atomic E-state index is 12.4. The summed E-state index contributed by atoms with van der Waals surface area (Å²) in [5, 5.41) is 12.3. The minimum absolute atomic E-state index is 0.0471. The van der Waals surface area contributed by atoms with Gasteiger partial charge in [0.2, 0.25) is 5.91 Å². The zero-order chi connectivity index (χ0) is 17.2. The standard InChI is InChI=1S/C20H28N2O3/c23-13-15-7-9-22(10-8-15)16-3-1-14(2-4-16)12-21-20(24)18-11-17-5-6-19(18)25-17/h1-4,15,17-19,23H,5-13H2,(H,21,24). The predicted octanol–water partition coefficient (Wildman–Crippen LogP) is 2.08. The number of aliphatic hydroxyl groups excluding tert-OH is 1. The number of ether oxygens (including phenoxy) is 1. The van der Waals surface area contributed by atoms with Crippen molar-refractivity contribution in [2.45, 2.75) is 50.9 Å². The van der Waals surface area contributed by atoms with E-state index in [0.29, 0.717) is 25.2 Å². The third-order valence-electron chi connectivity index (χ3n) is 6.08. The van der Waals surface area contributed by atoms with Crippen LogP contribution in [0.25, 0.3) is 0 Å². The van der Waals surface area contributed by atoms with Gasteiger partial charge in [-0.15, -0.1) is 0 Å². The van der Waals surface area contributed by atoms with Gasteiger partial charge in [0.05, 0.1) is 18.1 Å². The van der Waals surface area contributed by atoms with Gasteiger partial charge in [0.25, 0.3) is 0 Å². The van der Waals surface area contributed by atoms with Gasteiger partial charge in [-0.05, 0) is 55.7 Å². The van der Waals surface area contributed by atoms with E-state index in [2.05, 4.69) is 34.5 Å². The number of carbonyl (C=O) groups excluding carboxylic acids is 1. The molecule has 25 heavy (non-hydrogen) atoms. The molecule has 2 bridgehead atoms. The average molecular weight is 344 g/mol. The number of hydrogen-bond acceptors (Lipinski definition) is 4. The second-order valence-electron chi connectivity index (χ2n) is 7.71. The molecule has 3 fully saturated rings. The summed E-state index contributed by atoms with van der Waals surface area (Å²) in [6, 6.07) is 8.49. The number of anilines is 1. The highest BCUT2D eigenvalue weighted by molar-refractivity contribution is 5.79. The summed E-state index contributed by atoms with van der Waals surface area (Å²) in [5.74, 6) is 0.647. The van der Waals surface area contributed by atoms with Crippen molar-refractivity contribution in [3.05, 3.63) is 29.8 Å². The molecular weight excluding hydrogens is 316 g/mol. The molecule has 3 unspecified atom stereocenters. The number of rotatable bonds is 5. The van der Waals surface area contributed by atoms with Crippen LogP contribution >= 0.6 is 0 Å². The van der Waals surface area contributed by atoms with Crippen molar-refractivity contribution in [3.8, 4) is 0 Å². The first-order valence-electron chi connectivity index (χ1n) is 9.61. The summed E-state index contributed by atoms with van der Waals surface area (Å²) in [4.78, 5) is 14.7. The number of nitrogens with zero attached hydrogens (tertiary/aromatic N) is 1. The summed E-state index contributed by atoms with van der Waals surface area (Å²) in [7, 11) is 0. The molecule has 5 nitrogen and oxygen atoms in total. The van der Waals surface area contributed by atoms with Crippen LogP contribution in [0.3, 0.4) is 0 Å². The largest absolute Gasteiger partial charge is 0.396 e. The summed E-state index contributed by atoms with van der Waals surface area (Å²) < 4.78 is 5.77. The van der Waals surface area contributed by atoms with E-state index in [9.17, 15) is 9.90 Å². The number of nitrogens with one attached hydrogen (secondary N) is 1. The topological polar surface area (TPSA) is 61.8 Å². The highest BCUT2D eigenvalue weighted by atomic mass is 16.5. The van der Waals surface area contributed by atoms with Crippen LogP contribution in [0.2, 0.25) is 0 Å². The van der Waals surface area contributed by atoms with Gasteiger partial charge in [-0.25, -0.2) is 0 Å². The first-order valence-corrected chi connectivity index (χ1v) is 9.61. The summed E-state index contributed by atoms with van der Waals surface area (Å²) in [5.41, 5.74) is 2.36. The van der Waals surface area contributed by atoms with Crippen LogP contribution in [0.4, 0.5) is 5.69 Å². The smallest absolute Gasteiger partial charge is 0.226 e. The van der Waals surface area contributed by atoms with E-state index in [4.69, 9.17) is 4.74 Å².